The lowest BCUT2D eigenvalue weighted by atomic mass is 10.2. The summed E-state index contributed by atoms with van der Waals surface area (Å²) in [6.45, 7) is 3.11. The monoisotopic (exact) mass is 330 g/mol. The van der Waals surface area contributed by atoms with Crippen molar-refractivity contribution >= 4 is 17.5 Å². The van der Waals surface area contributed by atoms with Crippen LogP contribution in [-0.4, -0.2) is 38.1 Å². The summed E-state index contributed by atoms with van der Waals surface area (Å²) in [6.07, 6.45) is 1.44. The molecular formula is C17H18N2O5. The summed E-state index contributed by atoms with van der Waals surface area (Å²) in [5.74, 6) is 1.08. The minimum Gasteiger partial charge on any atom is -0.486 e. The molecule has 24 heavy (non-hydrogen) atoms. The Morgan fingerprint density at radius 3 is 2.67 bits per heavy atom. The number of hydrogen-bond acceptors (Lipinski definition) is 5. The van der Waals surface area contributed by atoms with E-state index in [2.05, 4.69) is 5.32 Å². The van der Waals surface area contributed by atoms with Crippen LogP contribution in [0.25, 0.3) is 0 Å². The standard InChI is InChI=1S/C17H18N2O5/c1-12(20)19(7-6-18-17(21)15-3-2-8-22-15)13-4-5-14-16(11-13)24-10-9-23-14/h2-5,8,11H,6-7,9-10H2,1H3,(H,18,21). The van der Waals surface area contributed by atoms with Gasteiger partial charge in [-0.05, 0) is 24.3 Å². The van der Waals surface area contributed by atoms with Gasteiger partial charge in [0.15, 0.2) is 17.3 Å². The molecule has 0 spiro atoms. The molecule has 2 aromatic rings. The Kier molecular flexibility index (Phi) is 4.69. The lowest BCUT2D eigenvalue weighted by molar-refractivity contribution is -0.116. The molecule has 0 atom stereocenters. The number of amides is 2. The van der Waals surface area contributed by atoms with E-state index in [0.717, 1.165) is 0 Å². The number of hydrogen-bond donors (Lipinski definition) is 1. The van der Waals surface area contributed by atoms with E-state index in [-0.39, 0.29) is 17.6 Å². The molecular weight excluding hydrogens is 312 g/mol. The maximum atomic E-state index is 11.9. The van der Waals surface area contributed by atoms with Crippen LogP contribution in [0.15, 0.2) is 41.0 Å². The number of anilines is 1. The van der Waals surface area contributed by atoms with E-state index in [1.807, 2.05) is 0 Å². The summed E-state index contributed by atoms with van der Waals surface area (Å²) in [5.41, 5.74) is 0.694. The quantitative estimate of drug-likeness (QED) is 0.904. The summed E-state index contributed by atoms with van der Waals surface area (Å²) in [7, 11) is 0. The van der Waals surface area contributed by atoms with Gasteiger partial charge in [-0.15, -0.1) is 0 Å². The molecule has 0 fully saturated rings. The third kappa shape index (κ3) is 3.51. The van der Waals surface area contributed by atoms with E-state index >= 15 is 0 Å². The molecule has 0 bridgehead atoms. The average molecular weight is 330 g/mol. The highest BCUT2D eigenvalue weighted by Crippen LogP contribution is 2.33. The summed E-state index contributed by atoms with van der Waals surface area (Å²) in [6, 6.07) is 8.57. The molecule has 2 amide bonds. The highest BCUT2D eigenvalue weighted by molar-refractivity contribution is 5.93. The Morgan fingerprint density at radius 2 is 1.96 bits per heavy atom. The van der Waals surface area contributed by atoms with Crippen LogP contribution >= 0.6 is 0 Å². The average Bonchev–Trinajstić information content (AvgIpc) is 3.12. The van der Waals surface area contributed by atoms with E-state index in [1.54, 1.807) is 35.2 Å². The molecule has 0 unspecified atom stereocenters. The van der Waals surface area contributed by atoms with Crippen LogP contribution in [0.4, 0.5) is 5.69 Å². The third-order valence-corrected chi connectivity index (χ3v) is 3.58. The predicted octanol–water partition coefficient (Wildman–Crippen LogP) is 1.83. The van der Waals surface area contributed by atoms with Crippen molar-refractivity contribution < 1.29 is 23.5 Å². The molecule has 1 aromatic heterocycles. The molecule has 126 valence electrons. The maximum absolute atomic E-state index is 11.9. The van der Waals surface area contributed by atoms with Gasteiger partial charge >= 0.3 is 0 Å². The van der Waals surface area contributed by atoms with Gasteiger partial charge in [-0.3, -0.25) is 9.59 Å². The fraction of sp³-hybridized carbons (Fsp3) is 0.294. The van der Waals surface area contributed by atoms with Crippen LogP contribution in [0.5, 0.6) is 11.5 Å². The van der Waals surface area contributed by atoms with Crippen molar-refractivity contribution in [2.24, 2.45) is 0 Å². The molecule has 0 saturated heterocycles. The lowest BCUT2D eigenvalue weighted by Gasteiger charge is -2.24. The van der Waals surface area contributed by atoms with Crippen LogP contribution in [0, 0.1) is 0 Å². The van der Waals surface area contributed by atoms with Gasteiger partial charge in [0.1, 0.15) is 13.2 Å². The van der Waals surface area contributed by atoms with Crippen LogP contribution < -0.4 is 19.7 Å². The second-order valence-corrected chi connectivity index (χ2v) is 5.23. The van der Waals surface area contributed by atoms with E-state index in [4.69, 9.17) is 13.9 Å². The number of carbonyl (C=O) groups excluding carboxylic acids is 2. The molecule has 0 aliphatic carbocycles. The van der Waals surface area contributed by atoms with E-state index in [9.17, 15) is 9.59 Å². The zero-order valence-corrected chi connectivity index (χ0v) is 13.3. The summed E-state index contributed by atoms with van der Waals surface area (Å²) < 4.78 is 16.0. The number of carbonyl (C=O) groups is 2. The second kappa shape index (κ2) is 7.08. The Morgan fingerprint density at radius 1 is 1.17 bits per heavy atom. The smallest absolute Gasteiger partial charge is 0.287 e. The lowest BCUT2D eigenvalue weighted by Crippen LogP contribution is -2.37. The molecule has 0 radical (unpaired) electrons. The number of ether oxygens (including phenoxy) is 2. The highest BCUT2D eigenvalue weighted by Gasteiger charge is 2.17. The van der Waals surface area contributed by atoms with Gasteiger partial charge in [-0.1, -0.05) is 0 Å². The molecule has 2 heterocycles. The first-order chi connectivity index (χ1) is 11.6. The van der Waals surface area contributed by atoms with Crippen LogP contribution in [0.2, 0.25) is 0 Å². The number of rotatable bonds is 5. The van der Waals surface area contributed by atoms with Crippen molar-refractivity contribution in [3.63, 3.8) is 0 Å². The van der Waals surface area contributed by atoms with Crippen molar-refractivity contribution in [2.45, 2.75) is 6.92 Å². The van der Waals surface area contributed by atoms with Crippen molar-refractivity contribution in [3.05, 3.63) is 42.4 Å². The first kappa shape index (κ1) is 15.9. The molecule has 1 N–H and O–H groups in total. The minimum atomic E-state index is -0.314. The van der Waals surface area contributed by atoms with Crippen molar-refractivity contribution in [3.8, 4) is 11.5 Å². The van der Waals surface area contributed by atoms with Gasteiger partial charge in [0.2, 0.25) is 5.91 Å². The first-order valence-electron chi connectivity index (χ1n) is 7.64. The highest BCUT2D eigenvalue weighted by atomic mass is 16.6. The van der Waals surface area contributed by atoms with Gasteiger partial charge in [-0.2, -0.15) is 0 Å². The van der Waals surface area contributed by atoms with Crippen molar-refractivity contribution in [1.82, 2.24) is 5.32 Å². The summed E-state index contributed by atoms with van der Waals surface area (Å²) in [5, 5.41) is 2.72. The molecule has 7 nitrogen and oxygen atoms in total. The van der Waals surface area contributed by atoms with Gasteiger partial charge < -0.3 is 24.1 Å². The van der Waals surface area contributed by atoms with Crippen LogP contribution in [0.3, 0.4) is 0 Å². The van der Waals surface area contributed by atoms with Gasteiger partial charge in [-0.25, -0.2) is 0 Å². The zero-order chi connectivity index (χ0) is 16.9. The Balaban J connectivity index is 1.64. The fourth-order valence-electron chi connectivity index (χ4n) is 2.44. The molecule has 1 aliphatic heterocycles. The zero-order valence-electron chi connectivity index (χ0n) is 13.3. The summed E-state index contributed by atoms with van der Waals surface area (Å²) >= 11 is 0. The van der Waals surface area contributed by atoms with Crippen LogP contribution in [-0.2, 0) is 4.79 Å². The number of furan rings is 1. The Hall–Kier alpha value is -2.96. The Bertz CT molecular complexity index is 727. The fourth-order valence-corrected chi connectivity index (χ4v) is 2.44. The SMILES string of the molecule is CC(=O)N(CCNC(=O)c1ccco1)c1ccc2c(c1)OCCO2. The number of nitrogens with one attached hydrogen (secondary N) is 1. The number of nitrogens with zero attached hydrogens (tertiary/aromatic N) is 1. The molecule has 1 aromatic carbocycles. The second-order valence-electron chi connectivity index (χ2n) is 5.23. The van der Waals surface area contributed by atoms with Gasteiger partial charge in [0.05, 0.1) is 6.26 Å². The van der Waals surface area contributed by atoms with Crippen molar-refractivity contribution in [2.75, 3.05) is 31.2 Å². The molecule has 1 aliphatic rings. The molecule has 3 rings (SSSR count). The van der Waals surface area contributed by atoms with E-state index in [1.165, 1.54) is 13.2 Å². The largest absolute Gasteiger partial charge is 0.486 e. The number of fused-ring (bicyclic) bond motifs is 1. The molecule has 0 saturated carbocycles. The predicted molar refractivity (Wildman–Crippen MR) is 86.5 cm³/mol. The maximum Gasteiger partial charge on any atom is 0.287 e. The van der Waals surface area contributed by atoms with E-state index < -0.39 is 0 Å². The van der Waals surface area contributed by atoms with Gasteiger partial charge in [0, 0.05) is 31.8 Å². The van der Waals surface area contributed by atoms with Crippen LogP contribution in [0.1, 0.15) is 17.5 Å². The minimum absolute atomic E-state index is 0.126. The topological polar surface area (TPSA) is 81.0 Å². The Labute approximate surface area is 139 Å². The first-order valence-corrected chi connectivity index (χ1v) is 7.64. The van der Waals surface area contributed by atoms with Crippen molar-refractivity contribution in [1.29, 1.82) is 0 Å². The summed E-state index contributed by atoms with van der Waals surface area (Å²) in [4.78, 5) is 25.3. The normalized spacial score (nSPS) is 12.5. The number of benzene rings is 1. The molecule has 7 heteroatoms. The van der Waals surface area contributed by atoms with Gasteiger partial charge in [0.25, 0.3) is 5.91 Å². The third-order valence-electron chi connectivity index (χ3n) is 3.58. The van der Waals surface area contributed by atoms with E-state index in [0.29, 0.717) is 43.5 Å².